The van der Waals surface area contributed by atoms with E-state index >= 15 is 0 Å². The first-order valence-electron chi connectivity index (χ1n) is 10.8. The van der Waals surface area contributed by atoms with Crippen LogP contribution in [-0.2, 0) is 6.61 Å². The molecule has 11 heteroatoms. The topological polar surface area (TPSA) is 99.6 Å². The maximum absolute atomic E-state index is 13.6. The van der Waals surface area contributed by atoms with Gasteiger partial charge in [0.05, 0.1) is 22.0 Å². The number of hydrogen-bond donors (Lipinski definition) is 0. The lowest BCUT2D eigenvalue weighted by Crippen LogP contribution is -2.23. The van der Waals surface area contributed by atoms with Gasteiger partial charge in [0.25, 0.3) is 5.56 Å². The van der Waals surface area contributed by atoms with E-state index in [9.17, 15) is 19.3 Å². The molecule has 0 spiro atoms. The molecule has 0 saturated heterocycles. The van der Waals surface area contributed by atoms with Gasteiger partial charge < -0.3 is 4.74 Å². The van der Waals surface area contributed by atoms with Crippen LogP contribution in [0.3, 0.4) is 0 Å². The number of aromatic nitrogens is 2. The summed E-state index contributed by atoms with van der Waals surface area (Å²) in [5.74, 6) is -0.322. The van der Waals surface area contributed by atoms with Crippen LogP contribution in [0.5, 0.6) is 5.75 Å². The highest BCUT2D eigenvalue weighted by atomic mass is 79.9. The highest BCUT2D eigenvalue weighted by molar-refractivity contribution is 9.10. The molecule has 0 saturated carbocycles. The first-order chi connectivity index (χ1) is 17.1. The fraction of sp³-hybridized carbons (Fsp3) is 0.160. The minimum absolute atomic E-state index is 0.0817. The number of ether oxygens (including phenoxy) is 1. The van der Waals surface area contributed by atoms with Crippen LogP contribution in [0.15, 0.2) is 69.0 Å². The first kappa shape index (κ1) is 25.5. The molecular weight excluding hydrogens is 555 g/mol. The molecule has 36 heavy (non-hydrogen) atoms. The minimum Gasteiger partial charge on any atom is -0.481 e. The second kappa shape index (κ2) is 10.5. The summed E-state index contributed by atoms with van der Waals surface area (Å²) in [6.07, 6.45) is 1.26. The quantitative estimate of drug-likeness (QED) is 0.144. The number of nitro benzene ring substituents is 1. The average Bonchev–Trinajstić information content (AvgIpc) is 2.82. The van der Waals surface area contributed by atoms with Gasteiger partial charge in [0, 0.05) is 27.0 Å². The first-order valence-corrected chi connectivity index (χ1v) is 11.9. The molecule has 0 N–H and O–H groups in total. The molecule has 0 aliphatic heterocycles. The third-order valence-corrected chi connectivity index (χ3v) is 5.91. The van der Waals surface area contributed by atoms with Crippen molar-refractivity contribution in [2.45, 2.75) is 26.4 Å². The van der Waals surface area contributed by atoms with Crippen molar-refractivity contribution in [3.8, 4) is 5.75 Å². The largest absolute Gasteiger partial charge is 0.481 e. The molecule has 8 nitrogen and oxygen atoms in total. The number of nitro groups is 1. The Kier molecular flexibility index (Phi) is 7.46. The monoisotopic (exact) mass is 572 g/mol. The van der Waals surface area contributed by atoms with E-state index in [0.29, 0.717) is 26.8 Å². The van der Waals surface area contributed by atoms with Gasteiger partial charge in [-0.2, -0.15) is 9.78 Å². The van der Waals surface area contributed by atoms with Crippen molar-refractivity contribution >= 4 is 50.3 Å². The molecule has 184 valence electrons. The van der Waals surface area contributed by atoms with Crippen LogP contribution in [0.4, 0.5) is 10.1 Å². The van der Waals surface area contributed by atoms with Crippen LogP contribution in [0, 0.1) is 15.9 Å². The highest BCUT2D eigenvalue weighted by Crippen LogP contribution is 2.34. The van der Waals surface area contributed by atoms with Crippen molar-refractivity contribution in [1.82, 2.24) is 9.66 Å². The lowest BCUT2D eigenvalue weighted by molar-refractivity contribution is -0.385. The van der Waals surface area contributed by atoms with E-state index in [-0.39, 0.29) is 28.9 Å². The maximum atomic E-state index is 13.6. The Morgan fingerprint density at radius 3 is 2.72 bits per heavy atom. The van der Waals surface area contributed by atoms with Gasteiger partial charge in [0.1, 0.15) is 18.2 Å². The van der Waals surface area contributed by atoms with Crippen LogP contribution in [0.1, 0.15) is 36.7 Å². The lowest BCUT2D eigenvalue weighted by Gasteiger charge is -2.13. The molecule has 0 bridgehead atoms. The van der Waals surface area contributed by atoms with E-state index in [1.807, 2.05) is 13.8 Å². The third-order valence-electron chi connectivity index (χ3n) is 5.19. The third kappa shape index (κ3) is 5.44. The van der Waals surface area contributed by atoms with Gasteiger partial charge in [0.2, 0.25) is 5.75 Å². The molecule has 0 aliphatic rings. The normalized spacial score (nSPS) is 11.5. The number of hydrogen-bond acceptors (Lipinski definition) is 6. The molecule has 0 fully saturated rings. The predicted molar refractivity (Wildman–Crippen MR) is 140 cm³/mol. The molecule has 4 rings (SSSR count). The molecule has 0 amide bonds. The predicted octanol–water partition coefficient (Wildman–Crippen LogP) is 6.44. The summed E-state index contributed by atoms with van der Waals surface area (Å²) in [7, 11) is 0. The minimum atomic E-state index is -0.634. The molecule has 1 heterocycles. The zero-order valence-corrected chi connectivity index (χ0v) is 21.5. The summed E-state index contributed by atoms with van der Waals surface area (Å²) < 4.78 is 21.2. The Bertz CT molecular complexity index is 1570. The molecule has 1 aromatic heterocycles. The van der Waals surface area contributed by atoms with E-state index in [4.69, 9.17) is 16.3 Å². The van der Waals surface area contributed by atoms with Crippen molar-refractivity contribution in [2.24, 2.45) is 5.10 Å². The Morgan fingerprint density at radius 1 is 1.25 bits per heavy atom. The van der Waals surface area contributed by atoms with Crippen LogP contribution in [0.2, 0.25) is 5.02 Å². The molecular formula is C25H19BrClFN4O4. The van der Waals surface area contributed by atoms with Gasteiger partial charge in [-0.1, -0.05) is 53.5 Å². The van der Waals surface area contributed by atoms with Gasteiger partial charge in [-0.15, -0.1) is 0 Å². The molecule has 0 atom stereocenters. The average molecular weight is 574 g/mol. The highest BCUT2D eigenvalue weighted by Gasteiger charge is 2.21. The van der Waals surface area contributed by atoms with Crippen molar-refractivity contribution in [2.75, 3.05) is 0 Å². The summed E-state index contributed by atoms with van der Waals surface area (Å²) >= 11 is 9.50. The number of rotatable bonds is 7. The van der Waals surface area contributed by atoms with E-state index in [0.717, 1.165) is 10.7 Å². The van der Waals surface area contributed by atoms with Gasteiger partial charge in [0.15, 0.2) is 0 Å². The smallest absolute Gasteiger partial charge is 0.313 e. The van der Waals surface area contributed by atoms with E-state index in [2.05, 4.69) is 26.0 Å². The Balaban J connectivity index is 1.83. The summed E-state index contributed by atoms with van der Waals surface area (Å²) in [5.41, 5.74) is 0.375. The van der Waals surface area contributed by atoms with Crippen molar-refractivity contribution in [1.29, 1.82) is 0 Å². The summed E-state index contributed by atoms with van der Waals surface area (Å²) in [6, 6.07) is 13.5. The maximum Gasteiger partial charge on any atom is 0.313 e. The Morgan fingerprint density at radius 2 is 2.03 bits per heavy atom. The fourth-order valence-electron chi connectivity index (χ4n) is 3.54. The number of nitrogens with zero attached hydrogens (tertiary/aromatic N) is 4. The van der Waals surface area contributed by atoms with Crippen LogP contribution >= 0.6 is 27.5 Å². The second-order valence-corrected chi connectivity index (χ2v) is 9.52. The standard InChI is InChI=1S/C25H19BrClFN4O4/c1-14(2)24-30-21-7-6-17(26)10-20(21)25(33)31(24)29-12-16-9-18(27)11-22(32(34)35)23(16)36-13-15-4-3-5-19(28)8-15/h3-12,14H,13H2,1-2H3. The second-order valence-electron chi connectivity index (χ2n) is 8.17. The molecule has 3 aromatic carbocycles. The molecule has 0 aliphatic carbocycles. The Hall–Kier alpha value is -3.63. The van der Waals surface area contributed by atoms with Crippen LogP contribution < -0.4 is 10.3 Å². The number of fused-ring (bicyclic) bond motifs is 1. The molecule has 0 unspecified atom stereocenters. The number of benzene rings is 3. The zero-order chi connectivity index (χ0) is 26.0. The summed E-state index contributed by atoms with van der Waals surface area (Å²) in [6.45, 7) is 3.61. The van der Waals surface area contributed by atoms with E-state index < -0.39 is 22.0 Å². The van der Waals surface area contributed by atoms with Crippen LogP contribution in [0.25, 0.3) is 10.9 Å². The van der Waals surface area contributed by atoms with Crippen LogP contribution in [-0.4, -0.2) is 20.8 Å². The SMILES string of the molecule is CC(C)c1nc2ccc(Br)cc2c(=O)n1N=Cc1cc(Cl)cc([N+](=O)[O-])c1OCc1cccc(F)c1. The van der Waals surface area contributed by atoms with Gasteiger partial charge in [-0.3, -0.25) is 14.9 Å². The van der Waals surface area contributed by atoms with Crippen molar-refractivity contribution in [3.05, 3.63) is 107 Å². The zero-order valence-electron chi connectivity index (χ0n) is 19.1. The lowest BCUT2D eigenvalue weighted by atomic mass is 10.1. The van der Waals surface area contributed by atoms with Gasteiger partial charge >= 0.3 is 5.69 Å². The fourth-order valence-corrected chi connectivity index (χ4v) is 4.12. The molecule has 4 aromatic rings. The van der Waals surface area contributed by atoms with Crippen molar-refractivity contribution in [3.63, 3.8) is 0 Å². The van der Waals surface area contributed by atoms with Gasteiger partial charge in [-0.25, -0.2) is 9.37 Å². The van der Waals surface area contributed by atoms with Crippen molar-refractivity contribution < 1.29 is 14.1 Å². The molecule has 0 radical (unpaired) electrons. The summed E-state index contributed by atoms with van der Waals surface area (Å²) in [4.78, 5) is 29.0. The Labute approximate surface area is 218 Å². The van der Waals surface area contributed by atoms with Gasteiger partial charge in [-0.05, 0) is 42.0 Å². The van der Waals surface area contributed by atoms with E-state index in [1.54, 1.807) is 24.3 Å². The van der Waals surface area contributed by atoms with E-state index in [1.165, 1.54) is 30.5 Å². The number of halogens is 3. The summed E-state index contributed by atoms with van der Waals surface area (Å²) in [5, 5.41) is 16.5.